The van der Waals surface area contributed by atoms with E-state index >= 15 is 0 Å². The molecule has 0 bridgehead atoms. The molecule has 0 spiro atoms. The Hall–Kier alpha value is -3.00. The molecule has 8 heteroatoms. The number of anilines is 1. The number of carbonyl (C=O) groups excluding carboxylic acids is 2. The van der Waals surface area contributed by atoms with Crippen LogP contribution in [0.3, 0.4) is 0 Å². The Morgan fingerprint density at radius 1 is 0.903 bits per heavy atom. The van der Waals surface area contributed by atoms with E-state index in [1.54, 1.807) is 17.0 Å². The molecule has 6 nitrogen and oxygen atoms in total. The van der Waals surface area contributed by atoms with Gasteiger partial charge in [-0.05, 0) is 62.7 Å². The quantitative estimate of drug-likeness (QED) is 0.788. The van der Waals surface area contributed by atoms with Crippen molar-refractivity contribution in [3.05, 3.63) is 65.7 Å². The molecule has 0 aliphatic carbocycles. The van der Waals surface area contributed by atoms with Gasteiger partial charge in [-0.15, -0.1) is 0 Å². The Labute approximate surface area is 180 Å². The first-order chi connectivity index (χ1) is 14.6. The zero-order valence-corrected chi connectivity index (χ0v) is 17.9. The van der Waals surface area contributed by atoms with Crippen molar-refractivity contribution in [1.29, 1.82) is 0 Å². The van der Waals surface area contributed by atoms with E-state index in [0.717, 1.165) is 0 Å². The Morgan fingerprint density at radius 3 is 1.94 bits per heavy atom. The zero-order chi connectivity index (χ0) is 22.6. The number of halogens is 2. The van der Waals surface area contributed by atoms with E-state index in [1.807, 2.05) is 25.7 Å². The van der Waals surface area contributed by atoms with E-state index in [-0.39, 0.29) is 12.0 Å². The van der Waals surface area contributed by atoms with Gasteiger partial charge >= 0.3 is 6.09 Å². The van der Waals surface area contributed by atoms with Crippen molar-refractivity contribution in [2.45, 2.75) is 32.4 Å². The molecule has 0 saturated carbocycles. The molecule has 1 atom stereocenters. The lowest BCUT2D eigenvalue weighted by Crippen LogP contribution is -2.52. The fourth-order valence-corrected chi connectivity index (χ4v) is 3.41. The van der Waals surface area contributed by atoms with Gasteiger partial charge in [-0.3, -0.25) is 9.69 Å². The summed E-state index contributed by atoms with van der Waals surface area (Å²) in [5.74, 6) is -1.11. The fourth-order valence-electron chi connectivity index (χ4n) is 3.41. The van der Waals surface area contributed by atoms with Crippen LogP contribution in [0.25, 0.3) is 0 Å². The first kappa shape index (κ1) is 22.7. The second kappa shape index (κ2) is 9.43. The fraction of sp³-hybridized carbons (Fsp3) is 0.391. The molecule has 1 heterocycles. The average molecular weight is 431 g/mol. The molecule has 0 radical (unpaired) electrons. The average Bonchev–Trinajstić information content (AvgIpc) is 2.70. The molecule has 2 aromatic carbocycles. The number of nitrogens with zero attached hydrogens (tertiary/aromatic N) is 2. The van der Waals surface area contributed by atoms with Gasteiger partial charge in [-0.25, -0.2) is 13.6 Å². The van der Waals surface area contributed by atoms with Crippen molar-refractivity contribution >= 4 is 17.7 Å². The highest BCUT2D eigenvalue weighted by Gasteiger charge is 2.33. The monoisotopic (exact) mass is 431 g/mol. The number of carbonyl (C=O) groups is 2. The van der Waals surface area contributed by atoms with Gasteiger partial charge in [-0.2, -0.15) is 0 Å². The van der Waals surface area contributed by atoms with Gasteiger partial charge in [-0.1, -0.05) is 12.1 Å². The maximum absolute atomic E-state index is 13.4. The van der Waals surface area contributed by atoms with Gasteiger partial charge in [0.25, 0.3) is 0 Å². The highest BCUT2D eigenvalue weighted by atomic mass is 19.1. The minimum Gasteiger partial charge on any atom is -0.444 e. The molecule has 1 N–H and O–H groups in total. The van der Waals surface area contributed by atoms with Crippen molar-refractivity contribution in [2.75, 3.05) is 31.5 Å². The third-order valence-electron chi connectivity index (χ3n) is 4.88. The molecule has 2 aromatic rings. The van der Waals surface area contributed by atoms with Gasteiger partial charge in [0.05, 0.1) is 0 Å². The molecule has 1 unspecified atom stereocenters. The third kappa shape index (κ3) is 6.24. The molecule has 2 amide bonds. The second-order valence-corrected chi connectivity index (χ2v) is 8.45. The second-order valence-electron chi connectivity index (χ2n) is 8.45. The Bertz CT molecular complexity index is 903. The maximum atomic E-state index is 13.4. The van der Waals surface area contributed by atoms with Gasteiger partial charge in [0, 0.05) is 31.9 Å². The number of hydrogen-bond donors (Lipinski definition) is 1. The van der Waals surface area contributed by atoms with Crippen LogP contribution in [-0.4, -0.2) is 53.6 Å². The number of nitrogens with one attached hydrogen (secondary N) is 1. The Kier molecular flexibility index (Phi) is 6.90. The summed E-state index contributed by atoms with van der Waals surface area (Å²) in [7, 11) is 0. The summed E-state index contributed by atoms with van der Waals surface area (Å²) in [6, 6.07) is 10.6. The van der Waals surface area contributed by atoms with Gasteiger partial charge in [0.1, 0.15) is 23.3 Å². The molecule has 31 heavy (non-hydrogen) atoms. The highest BCUT2D eigenvalue weighted by Crippen LogP contribution is 2.25. The number of hydrogen-bond acceptors (Lipinski definition) is 4. The molecule has 0 aromatic heterocycles. The summed E-state index contributed by atoms with van der Waals surface area (Å²) in [4.78, 5) is 29.0. The molecular formula is C23H27F2N3O3. The number of benzene rings is 2. The van der Waals surface area contributed by atoms with Crippen molar-refractivity contribution in [2.24, 2.45) is 0 Å². The first-order valence-electron chi connectivity index (χ1n) is 10.2. The summed E-state index contributed by atoms with van der Waals surface area (Å²) < 4.78 is 32.1. The predicted octanol–water partition coefficient (Wildman–Crippen LogP) is 4.20. The molecular weight excluding hydrogens is 404 g/mol. The smallest absolute Gasteiger partial charge is 0.410 e. The summed E-state index contributed by atoms with van der Waals surface area (Å²) in [5.41, 5.74) is 0.512. The summed E-state index contributed by atoms with van der Waals surface area (Å²) in [5, 5.41) is 2.80. The largest absolute Gasteiger partial charge is 0.444 e. The van der Waals surface area contributed by atoms with E-state index in [2.05, 4.69) is 5.32 Å². The van der Waals surface area contributed by atoms with E-state index in [0.29, 0.717) is 37.4 Å². The van der Waals surface area contributed by atoms with Crippen LogP contribution in [0, 0.1) is 11.6 Å². The molecule has 1 aliphatic rings. The summed E-state index contributed by atoms with van der Waals surface area (Å²) >= 11 is 0. The number of ether oxygens (including phenoxy) is 1. The van der Waals surface area contributed by atoms with Crippen molar-refractivity contribution in [3.63, 3.8) is 0 Å². The lowest BCUT2D eigenvalue weighted by molar-refractivity contribution is -0.122. The minimum atomic E-state index is -0.688. The standard InChI is InChI=1S/C23H27F2N3O3/c1-23(2,3)31-22(30)28-14-12-27(13-15-28)20(16-4-6-17(24)7-5-16)21(29)26-19-10-8-18(25)9-11-19/h4-11,20H,12-15H2,1-3H3,(H,26,29). The number of amides is 2. The number of piperazine rings is 1. The maximum Gasteiger partial charge on any atom is 0.410 e. The molecule has 1 saturated heterocycles. The van der Waals surface area contributed by atoms with Crippen LogP contribution >= 0.6 is 0 Å². The normalized spacial score (nSPS) is 16.0. The highest BCUT2D eigenvalue weighted by molar-refractivity contribution is 5.95. The lowest BCUT2D eigenvalue weighted by Gasteiger charge is -2.39. The van der Waals surface area contributed by atoms with E-state index in [9.17, 15) is 18.4 Å². The predicted molar refractivity (Wildman–Crippen MR) is 114 cm³/mol. The van der Waals surface area contributed by atoms with E-state index < -0.39 is 23.3 Å². The summed E-state index contributed by atoms with van der Waals surface area (Å²) in [6.07, 6.45) is -0.388. The van der Waals surface area contributed by atoms with Crippen LogP contribution in [0.4, 0.5) is 19.3 Å². The molecule has 166 valence electrons. The SMILES string of the molecule is CC(C)(C)OC(=O)N1CCN(C(C(=O)Nc2ccc(F)cc2)c2ccc(F)cc2)CC1. The van der Waals surface area contributed by atoms with E-state index in [1.165, 1.54) is 36.4 Å². The van der Waals surface area contributed by atoms with Gasteiger partial charge in [0.2, 0.25) is 5.91 Å². The van der Waals surface area contributed by atoms with Crippen molar-refractivity contribution < 1.29 is 23.1 Å². The van der Waals surface area contributed by atoms with Crippen LogP contribution < -0.4 is 5.32 Å². The topological polar surface area (TPSA) is 61.9 Å². The molecule has 3 rings (SSSR count). The van der Waals surface area contributed by atoms with Crippen molar-refractivity contribution in [3.8, 4) is 0 Å². The van der Waals surface area contributed by atoms with E-state index in [4.69, 9.17) is 4.74 Å². The van der Waals surface area contributed by atoms with Crippen LogP contribution in [0.15, 0.2) is 48.5 Å². The number of rotatable bonds is 4. The minimum absolute atomic E-state index is 0.316. The lowest BCUT2D eigenvalue weighted by atomic mass is 10.0. The van der Waals surface area contributed by atoms with Crippen LogP contribution in [0.5, 0.6) is 0 Å². The van der Waals surface area contributed by atoms with Gasteiger partial charge < -0.3 is 15.0 Å². The molecule has 1 aliphatic heterocycles. The zero-order valence-electron chi connectivity index (χ0n) is 17.9. The molecule has 1 fully saturated rings. The van der Waals surface area contributed by atoms with Crippen LogP contribution in [-0.2, 0) is 9.53 Å². The van der Waals surface area contributed by atoms with Crippen molar-refractivity contribution in [1.82, 2.24) is 9.80 Å². The summed E-state index contributed by atoms with van der Waals surface area (Å²) in [6.45, 7) is 7.12. The van der Waals surface area contributed by atoms with Crippen LogP contribution in [0.1, 0.15) is 32.4 Å². The Morgan fingerprint density at radius 2 is 1.42 bits per heavy atom. The van der Waals surface area contributed by atoms with Gasteiger partial charge in [0.15, 0.2) is 0 Å². The Balaban J connectivity index is 1.74. The first-order valence-corrected chi connectivity index (χ1v) is 10.2. The third-order valence-corrected chi connectivity index (χ3v) is 4.88. The van der Waals surface area contributed by atoms with Crippen LogP contribution in [0.2, 0.25) is 0 Å².